The summed E-state index contributed by atoms with van der Waals surface area (Å²) in [7, 11) is 0. The lowest BCUT2D eigenvalue weighted by Gasteiger charge is -2.42. The normalized spacial score (nSPS) is 24.9. The minimum absolute atomic E-state index is 0.0334. The first-order chi connectivity index (χ1) is 22.1. The average Bonchev–Trinajstić information content (AvgIpc) is 3.57. The molecule has 1 spiro atoms. The molecule has 4 aliphatic rings. The largest absolute Gasteiger partial charge is 0.504 e. The van der Waals surface area contributed by atoms with Crippen molar-refractivity contribution >= 4 is 0 Å². The number of piperazine rings is 1. The molecule has 0 aromatic heterocycles. The number of phenolic OH excluding ortho intramolecular Hbond substituents is 4. The summed E-state index contributed by atoms with van der Waals surface area (Å²) in [5.74, 6) is -0.231. The first-order valence-corrected chi connectivity index (χ1v) is 17.9. The van der Waals surface area contributed by atoms with Gasteiger partial charge in [0.1, 0.15) is 6.73 Å². The van der Waals surface area contributed by atoms with E-state index in [1.807, 2.05) is 0 Å². The highest BCUT2D eigenvalue weighted by atomic mass is 16.5. The van der Waals surface area contributed by atoms with E-state index < -0.39 is 5.41 Å². The van der Waals surface area contributed by atoms with Gasteiger partial charge in [0.05, 0.1) is 12.3 Å². The number of ether oxygens (including phenoxy) is 1. The highest BCUT2D eigenvalue weighted by Gasteiger charge is 2.59. The first-order valence-electron chi connectivity index (χ1n) is 17.9. The summed E-state index contributed by atoms with van der Waals surface area (Å²) < 4.78 is 6.07. The van der Waals surface area contributed by atoms with Crippen molar-refractivity contribution in [3.8, 4) is 23.0 Å². The van der Waals surface area contributed by atoms with Crippen LogP contribution in [0.4, 0.5) is 0 Å². The van der Waals surface area contributed by atoms with Gasteiger partial charge in [0, 0.05) is 74.4 Å². The zero-order valence-corrected chi connectivity index (χ0v) is 31.1. The molecule has 48 heavy (non-hydrogen) atoms. The monoisotopic (exact) mass is 664 g/mol. The van der Waals surface area contributed by atoms with Crippen LogP contribution in [0.2, 0.25) is 0 Å². The van der Waals surface area contributed by atoms with Gasteiger partial charge in [-0.1, -0.05) is 27.7 Å². The van der Waals surface area contributed by atoms with Gasteiger partial charge < -0.3 is 25.2 Å². The van der Waals surface area contributed by atoms with E-state index in [2.05, 4.69) is 88.8 Å². The maximum atomic E-state index is 11.7. The standard InChI is InChI=1S/C39H60N4O5/c1-35(2,3)43-15-13-40(14-16-43)19-25-31-27(17-29(44)33(25)46)37(7,8)21-39(31)22-38(9,10)28-18-30(45)34(47)26(32(28)39)20-41-11-12-42(23-41)24-48-36(4,5)6/h17-18,44-47H,11-16,19-24H2,1-10H3. The molecular formula is C39H60N4O5. The number of nitrogens with zero attached hydrogens (tertiary/aromatic N) is 4. The zero-order valence-electron chi connectivity index (χ0n) is 31.1. The van der Waals surface area contributed by atoms with Gasteiger partial charge in [0.15, 0.2) is 23.0 Å². The lowest BCUT2D eigenvalue weighted by molar-refractivity contribution is -0.0606. The third kappa shape index (κ3) is 6.19. The van der Waals surface area contributed by atoms with E-state index in [4.69, 9.17) is 4.74 Å². The Labute approximate surface area is 288 Å². The van der Waals surface area contributed by atoms with Gasteiger partial charge in [0.2, 0.25) is 0 Å². The highest BCUT2D eigenvalue weighted by Crippen LogP contribution is 2.67. The molecule has 6 rings (SSSR count). The van der Waals surface area contributed by atoms with Crippen LogP contribution in [0.25, 0.3) is 0 Å². The van der Waals surface area contributed by atoms with Crippen LogP contribution in [0.3, 0.4) is 0 Å². The Morgan fingerprint density at radius 3 is 1.54 bits per heavy atom. The van der Waals surface area contributed by atoms with Crippen LogP contribution in [0.15, 0.2) is 12.1 Å². The lowest BCUT2D eigenvalue weighted by atomic mass is 9.70. The van der Waals surface area contributed by atoms with E-state index in [0.29, 0.717) is 26.5 Å². The van der Waals surface area contributed by atoms with Gasteiger partial charge in [-0.3, -0.25) is 19.6 Å². The Balaban J connectivity index is 1.44. The molecule has 9 nitrogen and oxygen atoms in total. The summed E-state index contributed by atoms with van der Waals surface area (Å²) in [5.41, 5.74) is 4.65. The minimum atomic E-state index is -0.513. The summed E-state index contributed by atoms with van der Waals surface area (Å²) in [6.07, 6.45) is 1.56. The third-order valence-corrected chi connectivity index (χ3v) is 11.6. The minimum Gasteiger partial charge on any atom is -0.504 e. The van der Waals surface area contributed by atoms with Crippen molar-refractivity contribution in [3.63, 3.8) is 0 Å². The molecule has 2 saturated heterocycles. The van der Waals surface area contributed by atoms with Crippen molar-refractivity contribution in [1.82, 2.24) is 19.6 Å². The number of phenols is 4. The Morgan fingerprint density at radius 2 is 1.08 bits per heavy atom. The number of aromatic hydroxyl groups is 4. The second kappa shape index (κ2) is 11.8. The van der Waals surface area contributed by atoms with Crippen molar-refractivity contribution < 1.29 is 25.2 Å². The Hall–Kier alpha value is -2.56. The van der Waals surface area contributed by atoms with E-state index in [-0.39, 0.29) is 45.0 Å². The molecule has 2 fully saturated rings. The van der Waals surface area contributed by atoms with Crippen LogP contribution >= 0.6 is 0 Å². The van der Waals surface area contributed by atoms with Gasteiger partial charge in [-0.25, -0.2) is 0 Å². The fraction of sp³-hybridized carbons (Fsp3) is 0.692. The van der Waals surface area contributed by atoms with Gasteiger partial charge in [-0.05, 0) is 99.6 Å². The predicted octanol–water partition coefficient (Wildman–Crippen LogP) is 5.92. The van der Waals surface area contributed by atoms with Crippen molar-refractivity contribution in [2.24, 2.45) is 0 Å². The summed E-state index contributed by atoms with van der Waals surface area (Å²) in [4.78, 5) is 9.51. The first kappa shape index (κ1) is 35.3. The number of rotatable bonds is 6. The maximum Gasteiger partial charge on any atom is 0.162 e. The second-order valence-electron chi connectivity index (χ2n) is 18.4. The van der Waals surface area contributed by atoms with E-state index in [1.165, 1.54) is 0 Å². The topological polar surface area (TPSA) is 103 Å². The van der Waals surface area contributed by atoms with E-state index in [1.54, 1.807) is 12.1 Å². The van der Waals surface area contributed by atoms with Gasteiger partial charge in [-0.2, -0.15) is 0 Å². The highest BCUT2D eigenvalue weighted by molar-refractivity contribution is 5.70. The fourth-order valence-corrected chi connectivity index (χ4v) is 9.39. The van der Waals surface area contributed by atoms with Crippen molar-refractivity contribution in [2.45, 2.75) is 123 Å². The molecule has 2 aliphatic carbocycles. The van der Waals surface area contributed by atoms with Crippen LogP contribution in [0.5, 0.6) is 23.0 Å². The zero-order chi connectivity index (χ0) is 35.2. The van der Waals surface area contributed by atoms with Crippen LogP contribution < -0.4 is 0 Å². The summed E-state index contributed by atoms with van der Waals surface area (Å²) in [5, 5.41) is 45.7. The van der Waals surface area contributed by atoms with E-state index in [9.17, 15) is 20.4 Å². The van der Waals surface area contributed by atoms with Crippen LogP contribution in [0, 0.1) is 0 Å². The average molecular weight is 665 g/mol. The number of fused-ring (bicyclic) bond motifs is 4. The lowest BCUT2D eigenvalue weighted by Crippen LogP contribution is -2.53. The number of hydrogen-bond acceptors (Lipinski definition) is 9. The Morgan fingerprint density at radius 1 is 0.646 bits per heavy atom. The molecule has 0 amide bonds. The molecule has 2 heterocycles. The molecule has 4 N–H and O–H groups in total. The van der Waals surface area contributed by atoms with Crippen LogP contribution in [-0.4, -0.2) is 104 Å². The quantitative estimate of drug-likeness (QED) is 0.280. The number of benzene rings is 2. The molecule has 0 saturated carbocycles. The SMILES string of the molecule is CC(C)(C)OCN1CCN(Cc2c(O)c(O)cc3c2C2(CC(C)(C)c4cc(O)c(O)c(CN5CCN(C(C)(C)C)CC5)c42)CC3(C)C)C1. The third-order valence-electron chi connectivity index (χ3n) is 11.6. The maximum absolute atomic E-state index is 11.7. The second-order valence-corrected chi connectivity index (χ2v) is 18.4. The van der Waals surface area contributed by atoms with E-state index >= 15 is 0 Å². The fourth-order valence-electron chi connectivity index (χ4n) is 9.39. The van der Waals surface area contributed by atoms with Gasteiger partial charge in [0.25, 0.3) is 0 Å². The van der Waals surface area contributed by atoms with Gasteiger partial charge in [-0.15, -0.1) is 0 Å². The summed E-state index contributed by atoms with van der Waals surface area (Å²) in [6.45, 7) is 29.5. The van der Waals surface area contributed by atoms with Gasteiger partial charge >= 0.3 is 0 Å². The van der Waals surface area contributed by atoms with E-state index in [0.717, 1.165) is 85.5 Å². The van der Waals surface area contributed by atoms with Crippen molar-refractivity contribution in [2.75, 3.05) is 52.7 Å². The molecule has 266 valence electrons. The molecule has 2 aliphatic heterocycles. The summed E-state index contributed by atoms with van der Waals surface area (Å²) in [6, 6.07) is 3.58. The Kier molecular flexibility index (Phi) is 8.64. The van der Waals surface area contributed by atoms with Crippen molar-refractivity contribution in [1.29, 1.82) is 0 Å². The molecule has 1 unspecified atom stereocenters. The molecule has 2 aromatic rings. The molecule has 9 heteroatoms. The number of hydrogen-bond donors (Lipinski definition) is 4. The molecule has 0 bridgehead atoms. The molecule has 1 atom stereocenters. The van der Waals surface area contributed by atoms with Crippen LogP contribution in [-0.2, 0) is 34.1 Å². The Bertz CT molecular complexity index is 1560. The predicted molar refractivity (Wildman–Crippen MR) is 190 cm³/mol. The van der Waals surface area contributed by atoms with Crippen molar-refractivity contribution in [3.05, 3.63) is 45.5 Å². The molecule has 0 radical (unpaired) electrons. The smallest absolute Gasteiger partial charge is 0.162 e. The van der Waals surface area contributed by atoms with Crippen LogP contribution in [0.1, 0.15) is 115 Å². The molecule has 2 aromatic carbocycles. The molecular weight excluding hydrogens is 604 g/mol. The summed E-state index contributed by atoms with van der Waals surface area (Å²) >= 11 is 0.